The highest BCUT2D eigenvalue weighted by molar-refractivity contribution is 6.19. The Morgan fingerprint density at radius 1 is 0.364 bits per heavy atom. The number of rotatable bonds is 4. The van der Waals surface area contributed by atoms with Crippen LogP contribution in [0.25, 0.3) is 54.6 Å². The van der Waals surface area contributed by atoms with E-state index in [1.54, 1.807) is 0 Å². The summed E-state index contributed by atoms with van der Waals surface area (Å²) in [5, 5.41) is 7.66. The lowest BCUT2D eigenvalue weighted by molar-refractivity contribution is 1.20. The molecule has 0 amide bonds. The van der Waals surface area contributed by atoms with Crippen molar-refractivity contribution in [2.24, 2.45) is 0 Å². The second-order valence-electron chi connectivity index (χ2n) is 11.7. The number of fused-ring (bicyclic) bond motifs is 8. The van der Waals surface area contributed by atoms with E-state index in [1.807, 2.05) is 0 Å². The van der Waals surface area contributed by atoms with Crippen LogP contribution in [-0.4, -0.2) is 0 Å². The highest BCUT2D eigenvalue weighted by Crippen LogP contribution is 2.47. The smallest absolute Gasteiger partial charge is 0.0540 e. The highest BCUT2D eigenvalue weighted by Gasteiger charge is 2.25. The molecule has 0 saturated carbocycles. The van der Waals surface area contributed by atoms with E-state index in [-0.39, 0.29) is 0 Å². The Labute approximate surface area is 257 Å². The van der Waals surface area contributed by atoms with E-state index in [9.17, 15) is 0 Å². The molecular formula is C43H29N. The van der Waals surface area contributed by atoms with E-state index in [1.165, 1.54) is 77.1 Å². The van der Waals surface area contributed by atoms with Gasteiger partial charge in [0.1, 0.15) is 0 Å². The molecule has 0 saturated heterocycles. The largest absolute Gasteiger partial charge is 0.310 e. The first-order valence-electron chi connectivity index (χ1n) is 15.3. The van der Waals surface area contributed by atoms with E-state index >= 15 is 0 Å². The fourth-order valence-electron chi connectivity index (χ4n) is 7.23. The van der Waals surface area contributed by atoms with Gasteiger partial charge in [-0.3, -0.25) is 0 Å². The normalized spacial score (nSPS) is 12.0. The molecule has 0 spiro atoms. The maximum absolute atomic E-state index is 2.48. The molecule has 1 aliphatic rings. The van der Waals surface area contributed by atoms with Gasteiger partial charge in [-0.1, -0.05) is 140 Å². The Kier molecular flexibility index (Phi) is 5.64. The molecule has 0 radical (unpaired) electrons. The van der Waals surface area contributed by atoms with E-state index in [4.69, 9.17) is 0 Å². The van der Waals surface area contributed by atoms with Gasteiger partial charge in [-0.25, -0.2) is 0 Å². The lowest BCUT2D eigenvalue weighted by atomic mass is 9.95. The van der Waals surface area contributed by atoms with Crippen molar-refractivity contribution >= 4 is 49.4 Å². The summed E-state index contributed by atoms with van der Waals surface area (Å²) < 4.78 is 0. The molecule has 0 bridgehead atoms. The van der Waals surface area contributed by atoms with Crippen LogP contribution in [0.3, 0.4) is 0 Å². The summed E-state index contributed by atoms with van der Waals surface area (Å²) in [6, 6.07) is 59.9. The van der Waals surface area contributed by atoms with Gasteiger partial charge in [0.25, 0.3) is 0 Å². The van der Waals surface area contributed by atoms with Crippen LogP contribution in [0, 0.1) is 0 Å². The van der Waals surface area contributed by atoms with Crippen molar-refractivity contribution in [1.29, 1.82) is 0 Å². The molecule has 0 aromatic heterocycles. The van der Waals surface area contributed by atoms with Crippen LogP contribution in [0.5, 0.6) is 0 Å². The van der Waals surface area contributed by atoms with Crippen LogP contribution in [0.15, 0.2) is 164 Å². The topological polar surface area (TPSA) is 3.24 Å². The van der Waals surface area contributed by atoms with Gasteiger partial charge in [-0.2, -0.15) is 0 Å². The Balaban J connectivity index is 1.28. The van der Waals surface area contributed by atoms with Crippen LogP contribution >= 0.6 is 0 Å². The Morgan fingerprint density at radius 3 is 1.89 bits per heavy atom. The molecule has 9 rings (SSSR count). The van der Waals surface area contributed by atoms with E-state index in [0.717, 1.165) is 12.1 Å². The Hall–Kier alpha value is -5.66. The average molecular weight is 560 g/mol. The molecular weight excluding hydrogens is 530 g/mol. The van der Waals surface area contributed by atoms with Crippen LogP contribution < -0.4 is 4.90 Å². The van der Waals surface area contributed by atoms with Crippen molar-refractivity contribution in [3.05, 3.63) is 175 Å². The molecule has 0 aliphatic heterocycles. The standard InChI is InChI=1S/C43H29N/c1-2-10-29(11-3-1)30-20-23-33(24-21-30)44(43-19-8-16-36-35-15-7-5-13-32(35)28-41(36)43)42-18-9-17-37-39-25-22-31-12-4-6-14-34(31)38(39)26-27-40(37)42/h1-27H,28H2. The minimum atomic E-state index is 0.931. The van der Waals surface area contributed by atoms with Gasteiger partial charge < -0.3 is 4.90 Å². The molecule has 8 aromatic rings. The summed E-state index contributed by atoms with van der Waals surface area (Å²) in [6.07, 6.45) is 0.931. The van der Waals surface area contributed by atoms with E-state index < -0.39 is 0 Å². The van der Waals surface area contributed by atoms with Crippen molar-refractivity contribution in [1.82, 2.24) is 0 Å². The molecule has 0 N–H and O–H groups in total. The minimum absolute atomic E-state index is 0.931. The second kappa shape index (κ2) is 9.97. The van der Waals surface area contributed by atoms with Gasteiger partial charge in [-0.05, 0) is 84.6 Å². The van der Waals surface area contributed by atoms with Crippen molar-refractivity contribution < 1.29 is 0 Å². The van der Waals surface area contributed by atoms with Gasteiger partial charge in [0.05, 0.1) is 11.4 Å². The quantitative estimate of drug-likeness (QED) is 0.194. The molecule has 0 heterocycles. The summed E-state index contributed by atoms with van der Waals surface area (Å²) >= 11 is 0. The van der Waals surface area contributed by atoms with Crippen LogP contribution in [0.4, 0.5) is 17.1 Å². The fraction of sp³-hybridized carbons (Fsp3) is 0.0233. The van der Waals surface area contributed by atoms with E-state index in [2.05, 4.69) is 169 Å². The number of benzene rings is 8. The highest BCUT2D eigenvalue weighted by atomic mass is 15.1. The molecule has 0 unspecified atom stereocenters. The molecule has 1 nitrogen and oxygen atoms in total. The molecule has 1 aliphatic carbocycles. The zero-order chi connectivity index (χ0) is 29.0. The third-order valence-corrected chi connectivity index (χ3v) is 9.30. The van der Waals surface area contributed by atoms with Gasteiger partial charge in [0, 0.05) is 17.5 Å². The predicted octanol–water partition coefficient (Wildman–Crippen LogP) is 11.9. The Bertz CT molecular complexity index is 2350. The molecule has 8 aromatic carbocycles. The molecule has 44 heavy (non-hydrogen) atoms. The van der Waals surface area contributed by atoms with Gasteiger partial charge in [0.15, 0.2) is 0 Å². The van der Waals surface area contributed by atoms with Crippen molar-refractivity contribution in [3.8, 4) is 22.3 Å². The number of anilines is 3. The maximum atomic E-state index is 2.48. The van der Waals surface area contributed by atoms with Crippen molar-refractivity contribution in [2.75, 3.05) is 4.90 Å². The van der Waals surface area contributed by atoms with Gasteiger partial charge >= 0.3 is 0 Å². The lowest BCUT2D eigenvalue weighted by Crippen LogP contribution is -2.12. The minimum Gasteiger partial charge on any atom is -0.310 e. The van der Waals surface area contributed by atoms with Crippen LogP contribution in [0.2, 0.25) is 0 Å². The zero-order valence-electron chi connectivity index (χ0n) is 24.2. The summed E-state index contributed by atoms with van der Waals surface area (Å²) in [4.78, 5) is 2.48. The van der Waals surface area contributed by atoms with Gasteiger partial charge in [-0.15, -0.1) is 0 Å². The average Bonchev–Trinajstić information content (AvgIpc) is 3.48. The van der Waals surface area contributed by atoms with Gasteiger partial charge in [0.2, 0.25) is 0 Å². The second-order valence-corrected chi connectivity index (χ2v) is 11.7. The lowest BCUT2D eigenvalue weighted by Gasteiger charge is -2.29. The molecule has 1 heteroatoms. The van der Waals surface area contributed by atoms with E-state index in [0.29, 0.717) is 0 Å². The number of hydrogen-bond donors (Lipinski definition) is 0. The SMILES string of the molecule is c1ccc(-c2ccc(N(c3cccc4c3Cc3ccccc3-4)c3cccc4c3ccc3c5ccccc5ccc43)cc2)cc1. The first-order valence-corrected chi connectivity index (χ1v) is 15.3. The van der Waals surface area contributed by atoms with Crippen LogP contribution in [0.1, 0.15) is 11.1 Å². The monoisotopic (exact) mass is 559 g/mol. The van der Waals surface area contributed by atoms with Crippen molar-refractivity contribution in [3.63, 3.8) is 0 Å². The molecule has 0 fully saturated rings. The molecule has 206 valence electrons. The first kappa shape index (κ1) is 24.9. The predicted molar refractivity (Wildman–Crippen MR) is 187 cm³/mol. The summed E-state index contributed by atoms with van der Waals surface area (Å²) in [5.74, 6) is 0. The third kappa shape index (κ3) is 3.87. The summed E-state index contributed by atoms with van der Waals surface area (Å²) in [5.41, 5.74) is 11.5. The first-order chi connectivity index (χ1) is 21.8. The fourth-order valence-corrected chi connectivity index (χ4v) is 7.23. The molecule has 0 atom stereocenters. The number of nitrogens with zero attached hydrogens (tertiary/aromatic N) is 1. The summed E-state index contributed by atoms with van der Waals surface area (Å²) in [6.45, 7) is 0. The third-order valence-electron chi connectivity index (χ3n) is 9.30. The number of hydrogen-bond acceptors (Lipinski definition) is 1. The van der Waals surface area contributed by atoms with Crippen LogP contribution in [-0.2, 0) is 6.42 Å². The maximum Gasteiger partial charge on any atom is 0.0540 e. The Morgan fingerprint density at radius 2 is 0.977 bits per heavy atom. The zero-order valence-corrected chi connectivity index (χ0v) is 24.2. The summed E-state index contributed by atoms with van der Waals surface area (Å²) in [7, 11) is 0. The van der Waals surface area contributed by atoms with Crippen molar-refractivity contribution in [2.45, 2.75) is 6.42 Å².